The normalized spacial score (nSPS) is 12.0. The monoisotopic (exact) mass is 353 g/mol. The Labute approximate surface area is 150 Å². The molecule has 0 saturated carbocycles. The minimum Gasteiger partial charge on any atom is -0.349 e. The molecule has 0 spiro atoms. The van der Waals surface area contributed by atoms with Crippen LogP contribution in [0.4, 0.5) is 4.39 Å². The molecule has 0 aliphatic rings. The lowest BCUT2D eigenvalue weighted by molar-refractivity contribution is -0.124. The number of halogens is 1. The summed E-state index contributed by atoms with van der Waals surface area (Å²) in [5.41, 5.74) is 8.09. The Hall–Kier alpha value is -3.06. The fourth-order valence-corrected chi connectivity index (χ4v) is 2.50. The number of nitrogens with one attached hydrogen (secondary N) is 2. The highest BCUT2D eigenvalue weighted by Gasteiger charge is 2.17. The highest BCUT2D eigenvalue weighted by molar-refractivity contribution is 5.79. The van der Waals surface area contributed by atoms with Crippen molar-refractivity contribution in [3.05, 3.63) is 60.3 Å². The molecular weight excluding hydrogens is 333 g/mol. The first-order valence-corrected chi connectivity index (χ1v) is 8.32. The Kier molecular flexibility index (Phi) is 5.38. The number of pyridine rings is 1. The van der Waals surface area contributed by atoms with Crippen molar-refractivity contribution in [2.24, 2.45) is 11.7 Å². The first-order chi connectivity index (χ1) is 12.6. The predicted octanol–water partition coefficient (Wildman–Crippen LogP) is 2.49. The van der Waals surface area contributed by atoms with Crippen molar-refractivity contribution in [1.82, 2.24) is 20.3 Å². The third-order valence-electron chi connectivity index (χ3n) is 4.00. The van der Waals surface area contributed by atoms with Gasteiger partial charge in [-0.15, -0.1) is 0 Å². The van der Waals surface area contributed by atoms with Crippen LogP contribution in [0.1, 0.15) is 12.7 Å². The number of carbonyl (C=O) groups is 1. The van der Waals surface area contributed by atoms with E-state index in [9.17, 15) is 9.18 Å². The van der Waals surface area contributed by atoms with Crippen LogP contribution >= 0.6 is 0 Å². The van der Waals surface area contributed by atoms with Gasteiger partial charge in [0.15, 0.2) is 0 Å². The molecule has 3 aromatic rings. The molecule has 2 heterocycles. The van der Waals surface area contributed by atoms with Gasteiger partial charge in [0.25, 0.3) is 0 Å². The van der Waals surface area contributed by atoms with Crippen molar-refractivity contribution in [3.8, 4) is 22.6 Å². The Morgan fingerprint density at radius 2 is 2.15 bits per heavy atom. The number of amides is 1. The topological polar surface area (TPSA) is 96.7 Å². The van der Waals surface area contributed by atoms with Gasteiger partial charge in [-0.25, -0.2) is 9.37 Å². The molecule has 1 unspecified atom stereocenters. The van der Waals surface area contributed by atoms with Gasteiger partial charge in [0.1, 0.15) is 11.6 Å². The number of nitrogens with two attached hydrogens (primary N) is 1. The fourth-order valence-electron chi connectivity index (χ4n) is 2.50. The van der Waals surface area contributed by atoms with Gasteiger partial charge in [0, 0.05) is 24.2 Å². The summed E-state index contributed by atoms with van der Waals surface area (Å²) in [4.78, 5) is 24.0. The van der Waals surface area contributed by atoms with E-state index in [4.69, 9.17) is 5.73 Å². The SMILES string of the molecule is CC(CN)C(=O)NCc1nc(-c2cccc(F)c2)c(-c2ccccn2)[nH]1. The number of hydrogen-bond acceptors (Lipinski definition) is 4. The van der Waals surface area contributed by atoms with Crippen LogP contribution in [-0.2, 0) is 11.3 Å². The zero-order chi connectivity index (χ0) is 18.5. The number of rotatable bonds is 6. The average molecular weight is 353 g/mol. The number of aromatic amines is 1. The van der Waals surface area contributed by atoms with Gasteiger partial charge in [-0.1, -0.05) is 25.1 Å². The molecule has 0 saturated heterocycles. The number of imidazole rings is 1. The van der Waals surface area contributed by atoms with Crippen LogP contribution in [0.3, 0.4) is 0 Å². The van der Waals surface area contributed by atoms with E-state index in [1.54, 1.807) is 25.3 Å². The zero-order valence-corrected chi connectivity index (χ0v) is 14.4. The van der Waals surface area contributed by atoms with Crippen LogP contribution < -0.4 is 11.1 Å². The first kappa shape index (κ1) is 17.8. The Bertz CT molecular complexity index is 894. The first-order valence-electron chi connectivity index (χ1n) is 8.32. The van der Waals surface area contributed by atoms with Gasteiger partial charge < -0.3 is 16.0 Å². The molecule has 0 radical (unpaired) electrons. The summed E-state index contributed by atoms with van der Waals surface area (Å²) in [6, 6.07) is 11.7. The van der Waals surface area contributed by atoms with Gasteiger partial charge in [-0.05, 0) is 24.3 Å². The number of aromatic nitrogens is 3. The molecule has 0 fully saturated rings. The molecule has 7 heteroatoms. The summed E-state index contributed by atoms with van der Waals surface area (Å²) in [5, 5.41) is 2.80. The molecule has 4 N–H and O–H groups in total. The molecule has 3 rings (SSSR count). The van der Waals surface area contributed by atoms with E-state index in [0.717, 1.165) is 0 Å². The lowest BCUT2D eigenvalue weighted by Gasteiger charge is -2.08. The van der Waals surface area contributed by atoms with E-state index in [1.165, 1.54) is 12.1 Å². The third-order valence-corrected chi connectivity index (χ3v) is 4.00. The molecule has 0 bridgehead atoms. The quantitative estimate of drug-likeness (QED) is 0.634. The third kappa shape index (κ3) is 3.94. The zero-order valence-electron chi connectivity index (χ0n) is 14.4. The van der Waals surface area contributed by atoms with E-state index in [-0.39, 0.29) is 30.7 Å². The van der Waals surface area contributed by atoms with Crippen molar-refractivity contribution >= 4 is 5.91 Å². The molecule has 134 valence electrons. The van der Waals surface area contributed by atoms with E-state index >= 15 is 0 Å². The standard InChI is InChI=1S/C19H20FN5O/c1-12(10-21)19(26)23-11-16-24-17(13-5-4-6-14(20)9-13)18(25-16)15-7-2-3-8-22-15/h2-9,12H,10-11,21H2,1H3,(H,23,26)(H,24,25). The summed E-state index contributed by atoms with van der Waals surface area (Å²) >= 11 is 0. The summed E-state index contributed by atoms with van der Waals surface area (Å²) < 4.78 is 13.7. The maximum Gasteiger partial charge on any atom is 0.224 e. The van der Waals surface area contributed by atoms with Crippen LogP contribution in [0, 0.1) is 11.7 Å². The van der Waals surface area contributed by atoms with E-state index < -0.39 is 0 Å². The number of H-pyrrole nitrogens is 1. The van der Waals surface area contributed by atoms with Gasteiger partial charge in [0.2, 0.25) is 5.91 Å². The summed E-state index contributed by atoms with van der Waals surface area (Å²) in [5.74, 6) is -0.204. The molecule has 1 amide bonds. The summed E-state index contributed by atoms with van der Waals surface area (Å²) in [6.45, 7) is 2.25. The number of nitrogens with zero attached hydrogens (tertiary/aromatic N) is 2. The second-order valence-electron chi connectivity index (χ2n) is 5.99. The van der Waals surface area contributed by atoms with Gasteiger partial charge in [-0.2, -0.15) is 0 Å². The summed E-state index contributed by atoms with van der Waals surface area (Å²) in [7, 11) is 0. The second kappa shape index (κ2) is 7.88. The van der Waals surface area contributed by atoms with Crippen molar-refractivity contribution in [2.75, 3.05) is 6.54 Å². The maximum atomic E-state index is 13.7. The molecule has 0 aliphatic carbocycles. The molecule has 1 atom stereocenters. The lowest BCUT2D eigenvalue weighted by atomic mass is 10.1. The number of benzene rings is 1. The smallest absolute Gasteiger partial charge is 0.224 e. The van der Waals surface area contributed by atoms with Gasteiger partial charge in [-0.3, -0.25) is 9.78 Å². The van der Waals surface area contributed by atoms with Crippen molar-refractivity contribution in [3.63, 3.8) is 0 Å². The minimum atomic E-state index is -0.343. The lowest BCUT2D eigenvalue weighted by Crippen LogP contribution is -2.33. The highest BCUT2D eigenvalue weighted by Crippen LogP contribution is 2.29. The maximum absolute atomic E-state index is 13.7. The van der Waals surface area contributed by atoms with Crippen LogP contribution in [0.25, 0.3) is 22.6 Å². The highest BCUT2D eigenvalue weighted by atomic mass is 19.1. The molecule has 1 aromatic carbocycles. The van der Waals surface area contributed by atoms with E-state index in [2.05, 4.69) is 20.3 Å². The van der Waals surface area contributed by atoms with E-state index in [0.29, 0.717) is 28.5 Å². The Morgan fingerprint density at radius 1 is 1.31 bits per heavy atom. The molecule has 0 aliphatic heterocycles. The predicted molar refractivity (Wildman–Crippen MR) is 97.3 cm³/mol. The van der Waals surface area contributed by atoms with Crippen molar-refractivity contribution < 1.29 is 9.18 Å². The largest absolute Gasteiger partial charge is 0.349 e. The van der Waals surface area contributed by atoms with Crippen LogP contribution in [0.15, 0.2) is 48.7 Å². The average Bonchev–Trinajstić information content (AvgIpc) is 3.10. The van der Waals surface area contributed by atoms with Gasteiger partial charge in [0.05, 0.1) is 23.6 Å². The Morgan fingerprint density at radius 3 is 2.85 bits per heavy atom. The minimum absolute atomic E-state index is 0.143. The number of hydrogen-bond donors (Lipinski definition) is 3. The molecule has 6 nitrogen and oxygen atoms in total. The van der Waals surface area contributed by atoms with Crippen molar-refractivity contribution in [2.45, 2.75) is 13.5 Å². The molecule has 2 aromatic heterocycles. The van der Waals surface area contributed by atoms with Crippen LogP contribution in [-0.4, -0.2) is 27.4 Å². The summed E-state index contributed by atoms with van der Waals surface area (Å²) in [6.07, 6.45) is 1.68. The fraction of sp³-hybridized carbons (Fsp3) is 0.211. The van der Waals surface area contributed by atoms with Crippen LogP contribution in [0.2, 0.25) is 0 Å². The second-order valence-corrected chi connectivity index (χ2v) is 5.99. The number of carbonyl (C=O) groups excluding carboxylic acids is 1. The van der Waals surface area contributed by atoms with Gasteiger partial charge >= 0.3 is 0 Å². The Balaban J connectivity index is 1.94. The van der Waals surface area contributed by atoms with Crippen LogP contribution in [0.5, 0.6) is 0 Å². The van der Waals surface area contributed by atoms with Crippen molar-refractivity contribution in [1.29, 1.82) is 0 Å². The van der Waals surface area contributed by atoms with E-state index in [1.807, 2.05) is 18.2 Å². The molecular formula is C19H20FN5O. The molecule has 26 heavy (non-hydrogen) atoms.